The van der Waals surface area contributed by atoms with E-state index in [0.717, 1.165) is 12.8 Å². The molecule has 0 aromatic rings. The van der Waals surface area contributed by atoms with Crippen molar-refractivity contribution in [2.75, 3.05) is 0 Å². The first-order chi connectivity index (χ1) is 6.29. The van der Waals surface area contributed by atoms with Crippen molar-refractivity contribution in [2.24, 2.45) is 25.7 Å². The SMILES string of the molecule is CCCC12N=CN=C1N=CN=C2N. The third kappa shape index (κ3) is 0.998. The Labute approximate surface area is 76.2 Å². The van der Waals surface area contributed by atoms with Crippen LogP contribution in [-0.4, -0.2) is 29.9 Å². The quantitative estimate of drug-likeness (QED) is 0.649. The molecule has 0 aromatic carbocycles. The van der Waals surface area contributed by atoms with Crippen LogP contribution in [0.4, 0.5) is 0 Å². The highest BCUT2D eigenvalue weighted by Crippen LogP contribution is 2.26. The van der Waals surface area contributed by atoms with Crippen LogP contribution >= 0.6 is 0 Å². The van der Waals surface area contributed by atoms with Crippen molar-refractivity contribution < 1.29 is 0 Å². The average Bonchev–Trinajstić information content (AvgIpc) is 2.51. The molecule has 0 aliphatic carbocycles. The topological polar surface area (TPSA) is 75.5 Å². The molecule has 68 valence electrons. The van der Waals surface area contributed by atoms with Crippen molar-refractivity contribution >= 4 is 24.3 Å². The Bertz CT molecular complexity index is 338. The number of nitrogens with zero attached hydrogens (tertiary/aromatic N) is 4. The third-order valence-corrected chi connectivity index (χ3v) is 2.24. The van der Waals surface area contributed by atoms with Crippen LogP contribution in [-0.2, 0) is 0 Å². The summed E-state index contributed by atoms with van der Waals surface area (Å²) < 4.78 is 0. The van der Waals surface area contributed by atoms with Crippen LogP contribution in [0.1, 0.15) is 19.8 Å². The van der Waals surface area contributed by atoms with Crippen LogP contribution in [0.25, 0.3) is 0 Å². The minimum absolute atomic E-state index is 0.497. The van der Waals surface area contributed by atoms with Gasteiger partial charge < -0.3 is 5.73 Å². The van der Waals surface area contributed by atoms with Crippen molar-refractivity contribution in [3.63, 3.8) is 0 Å². The highest BCUT2D eigenvalue weighted by atomic mass is 15.2. The zero-order valence-corrected chi connectivity index (χ0v) is 7.44. The molecule has 5 heteroatoms. The van der Waals surface area contributed by atoms with Gasteiger partial charge in [-0.3, -0.25) is 4.99 Å². The molecule has 0 fully saturated rings. The van der Waals surface area contributed by atoms with Crippen LogP contribution in [0.15, 0.2) is 20.0 Å². The molecular weight excluding hydrogens is 166 g/mol. The Morgan fingerprint density at radius 1 is 1.38 bits per heavy atom. The maximum atomic E-state index is 5.81. The Morgan fingerprint density at radius 3 is 3.00 bits per heavy atom. The van der Waals surface area contributed by atoms with E-state index < -0.39 is 5.54 Å². The van der Waals surface area contributed by atoms with E-state index in [1.807, 2.05) is 0 Å². The average molecular weight is 177 g/mol. The van der Waals surface area contributed by atoms with Gasteiger partial charge in [0, 0.05) is 0 Å². The number of amidine groups is 2. The maximum Gasteiger partial charge on any atom is 0.178 e. The number of nitrogens with two attached hydrogens (primary N) is 1. The fraction of sp³-hybridized carbons (Fsp3) is 0.500. The van der Waals surface area contributed by atoms with Gasteiger partial charge in [-0.1, -0.05) is 13.3 Å². The largest absolute Gasteiger partial charge is 0.385 e. The van der Waals surface area contributed by atoms with E-state index in [4.69, 9.17) is 5.73 Å². The molecule has 2 aliphatic heterocycles. The van der Waals surface area contributed by atoms with Crippen molar-refractivity contribution in [1.82, 2.24) is 0 Å². The number of rotatable bonds is 2. The van der Waals surface area contributed by atoms with Gasteiger partial charge in [0.1, 0.15) is 18.5 Å². The summed E-state index contributed by atoms with van der Waals surface area (Å²) in [7, 11) is 0. The Kier molecular flexibility index (Phi) is 1.72. The molecule has 2 heterocycles. The van der Waals surface area contributed by atoms with E-state index in [1.165, 1.54) is 12.7 Å². The molecule has 0 saturated heterocycles. The van der Waals surface area contributed by atoms with Crippen molar-refractivity contribution in [3.8, 4) is 0 Å². The molecule has 0 bridgehead atoms. The first-order valence-electron chi connectivity index (χ1n) is 4.28. The van der Waals surface area contributed by atoms with E-state index in [1.54, 1.807) is 0 Å². The van der Waals surface area contributed by atoms with Gasteiger partial charge >= 0.3 is 0 Å². The summed E-state index contributed by atoms with van der Waals surface area (Å²) in [6.45, 7) is 2.08. The van der Waals surface area contributed by atoms with Crippen LogP contribution in [0, 0.1) is 0 Å². The van der Waals surface area contributed by atoms with Gasteiger partial charge in [-0.05, 0) is 6.42 Å². The minimum atomic E-state index is -0.552. The number of hydrogen-bond acceptors (Lipinski definition) is 5. The molecular formula is C8H11N5. The molecule has 2 aliphatic rings. The van der Waals surface area contributed by atoms with Crippen molar-refractivity contribution in [1.29, 1.82) is 0 Å². The molecule has 5 nitrogen and oxygen atoms in total. The fourth-order valence-electron chi connectivity index (χ4n) is 1.59. The summed E-state index contributed by atoms with van der Waals surface area (Å²) in [5.74, 6) is 1.17. The van der Waals surface area contributed by atoms with Gasteiger partial charge in [-0.15, -0.1) is 0 Å². The molecule has 13 heavy (non-hydrogen) atoms. The van der Waals surface area contributed by atoms with E-state index in [0.29, 0.717) is 11.7 Å². The molecule has 2 N–H and O–H groups in total. The molecule has 1 atom stereocenters. The lowest BCUT2D eigenvalue weighted by Crippen LogP contribution is -2.48. The van der Waals surface area contributed by atoms with E-state index in [9.17, 15) is 0 Å². The summed E-state index contributed by atoms with van der Waals surface area (Å²) in [5.41, 5.74) is 5.25. The Balaban J connectivity index is 2.43. The normalized spacial score (nSPS) is 29.9. The number of fused-ring (bicyclic) bond motifs is 1. The molecule has 0 saturated carbocycles. The molecule has 0 radical (unpaired) electrons. The monoisotopic (exact) mass is 177 g/mol. The standard InChI is InChI=1S/C8H11N5/c1-2-3-8-6(9)10-4-11-7(8)12-5-13-8/h4-5H,2-3H2,1H3,(H2,9,10,11,12,13). The lowest BCUT2D eigenvalue weighted by atomic mass is 9.91. The molecule has 0 aromatic heterocycles. The van der Waals surface area contributed by atoms with Gasteiger partial charge in [-0.25, -0.2) is 15.0 Å². The van der Waals surface area contributed by atoms with Gasteiger partial charge in [0.15, 0.2) is 11.4 Å². The second kappa shape index (κ2) is 2.76. The highest BCUT2D eigenvalue weighted by molar-refractivity contribution is 6.23. The van der Waals surface area contributed by atoms with E-state index >= 15 is 0 Å². The minimum Gasteiger partial charge on any atom is -0.385 e. The molecule has 0 amide bonds. The molecule has 1 unspecified atom stereocenters. The van der Waals surface area contributed by atoms with Gasteiger partial charge in [0.25, 0.3) is 0 Å². The zero-order chi connectivity index (χ0) is 9.31. The predicted molar refractivity (Wildman–Crippen MR) is 53.7 cm³/mol. The van der Waals surface area contributed by atoms with Crippen LogP contribution in [0.3, 0.4) is 0 Å². The predicted octanol–water partition coefficient (Wildman–Crippen LogP) is 0.365. The number of hydrogen-bond donors (Lipinski definition) is 1. The van der Waals surface area contributed by atoms with Gasteiger partial charge in [0.2, 0.25) is 0 Å². The molecule has 0 spiro atoms. The summed E-state index contributed by atoms with van der Waals surface area (Å²) in [4.78, 5) is 16.4. The van der Waals surface area contributed by atoms with Crippen molar-refractivity contribution in [3.05, 3.63) is 0 Å². The second-order valence-corrected chi connectivity index (χ2v) is 3.07. The lowest BCUT2D eigenvalue weighted by Gasteiger charge is -2.26. The third-order valence-electron chi connectivity index (χ3n) is 2.24. The Morgan fingerprint density at radius 2 is 2.23 bits per heavy atom. The Hall–Kier alpha value is -1.52. The van der Waals surface area contributed by atoms with Crippen LogP contribution in [0.2, 0.25) is 0 Å². The zero-order valence-electron chi connectivity index (χ0n) is 7.44. The van der Waals surface area contributed by atoms with Crippen LogP contribution < -0.4 is 5.73 Å². The van der Waals surface area contributed by atoms with E-state index in [-0.39, 0.29) is 0 Å². The highest BCUT2D eigenvalue weighted by Gasteiger charge is 2.42. The van der Waals surface area contributed by atoms with Gasteiger partial charge in [0.05, 0.1) is 0 Å². The summed E-state index contributed by atoms with van der Waals surface area (Å²) >= 11 is 0. The van der Waals surface area contributed by atoms with E-state index in [2.05, 4.69) is 26.9 Å². The van der Waals surface area contributed by atoms with Crippen LogP contribution in [0.5, 0.6) is 0 Å². The maximum absolute atomic E-state index is 5.81. The van der Waals surface area contributed by atoms with Crippen molar-refractivity contribution in [2.45, 2.75) is 25.3 Å². The van der Waals surface area contributed by atoms with Gasteiger partial charge in [-0.2, -0.15) is 0 Å². The first kappa shape index (κ1) is 8.10. The summed E-state index contributed by atoms with van der Waals surface area (Å²) in [5, 5.41) is 0. The summed E-state index contributed by atoms with van der Waals surface area (Å²) in [6.07, 6.45) is 4.73. The molecule has 2 rings (SSSR count). The smallest absolute Gasteiger partial charge is 0.178 e. The summed E-state index contributed by atoms with van der Waals surface area (Å²) in [6, 6.07) is 0. The second-order valence-electron chi connectivity index (χ2n) is 3.07. The fourth-order valence-corrected chi connectivity index (χ4v) is 1.59. The first-order valence-corrected chi connectivity index (χ1v) is 4.28. The number of aliphatic imine (C=N–C) groups is 4. The lowest BCUT2D eigenvalue weighted by molar-refractivity contribution is 0.648.